The second-order valence-electron chi connectivity index (χ2n) is 9.61. The number of amides is 3. The average Bonchev–Trinajstić information content (AvgIpc) is 3.59. The predicted molar refractivity (Wildman–Crippen MR) is 127 cm³/mol. The molecule has 1 aromatic carbocycles. The summed E-state index contributed by atoms with van der Waals surface area (Å²) < 4.78 is 27.6. The number of piperidine rings is 1. The number of nitrogens with one attached hydrogen (secondary N) is 2. The number of carbonyl (C=O) groups excluding carboxylic acids is 3. The van der Waals surface area contributed by atoms with Gasteiger partial charge in [-0.3, -0.25) is 9.59 Å². The number of urea groups is 1. The lowest BCUT2D eigenvalue weighted by Crippen LogP contribution is -2.62. The maximum absolute atomic E-state index is 13.8. The first-order chi connectivity index (χ1) is 16.5. The van der Waals surface area contributed by atoms with Crippen molar-refractivity contribution >= 4 is 23.4 Å². The van der Waals surface area contributed by atoms with E-state index in [-0.39, 0.29) is 18.9 Å². The molecule has 0 spiro atoms. The zero-order chi connectivity index (χ0) is 25.9. The first kappa shape index (κ1) is 26.4. The molecular formula is C25H33F2N5O3. The average molecular weight is 490 g/mol. The number of likely N-dealkylation sites (tertiary alicyclic amines) is 1. The van der Waals surface area contributed by atoms with Crippen molar-refractivity contribution in [3.8, 4) is 6.07 Å². The Morgan fingerprint density at radius 2 is 1.77 bits per heavy atom. The Hall–Kier alpha value is -3.22. The van der Waals surface area contributed by atoms with Crippen LogP contribution in [0.15, 0.2) is 30.3 Å². The molecule has 1 aromatic rings. The molecule has 3 rings (SSSR count). The molecule has 2 aliphatic rings. The van der Waals surface area contributed by atoms with E-state index in [0.29, 0.717) is 39.2 Å². The number of anilines is 1. The molecule has 1 aliphatic heterocycles. The molecule has 0 radical (unpaired) electrons. The van der Waals surface area contributed by atoms with E-state index < -0.39 is 41.4 Å². The van der Waals surface area contributed by atoms with E-state index in [4.69, 9.17) is 0 Å². The van der Waals surface area contributed by atoms with Crippen LogP contribution in [0.5, 0.6) is 0 Å². The van der Waals surface area contributed by atoms with E-state index in [1.54, 1.807) is 6.92 Å². The number of benzene rings is 1. The van der Waals surface area contributed by atoms with Crippen LogP contribution in [-0.4, -0.2) is 65.3 Å². The van der Waals surface area contributed by atoms with Gasteiger partial charge < -0.3 is 20.4 Å². The predicted octanol–water partition coefficient (Wildman–Crippen LogP) is 3.23. The monoisotopic (exact) mass is 489 g/mol. The smallest absolute Gasteiger partial charge is 0.318 e. The topological polar surface area (TPSA) is 106 Å². The Kier molecular flexibility index (Phi) is 7.68. The zero-order valence-electron chi connectivity index (χ0n) is 20.4. The third kappa shape index (κ3) is 6.08. The molecule has 0 aromatic heterocycles. The number of rotatable bonds is 9. The molecule has 2 fully saturated rings. The summed E-state index contributed by atoms with van der Waals surface area (Å²) in [4.78, 5) is 42.0. The summed E-state index contributed by atoms with van der Waals surface area (Å²) in [7, 11) is 0. The number of likely N-dealkylation sites (N-methyl/N-ethyl adjacent to an activating group) is 1. The molecule has 10 heteroatoms. The summed E-state index contributed by atoms with van der Waals surface area (Å²) in [6.07, 6.45) is 0.766. The normalized spacial score (nSPS) is 19.1. The van der Waals surface area contributed by atoms with Crippen LogP contribution in [0.3, 0.4) is 0 Å². The van der Waals surface area contributed by atoms with E-state index in [2.05, 4.69) is 15.5 Å². The fraction of sp³-hybridized carbons (Fsp3) is 0.600. The molecule has 0 bridgehead atoms. The lowest BCUT2D eigenvalue weighted by Gasteiger charge is -2.48. The van der Waals surface area contributed by atoms with Crippen LogP contribution in [0.1, 0.15) is 52.9 Å². The van der Waals surface area contributed by atoms with Gasteiger partial charge in [-0.2, -0.15) is 5.26 Å². The van der Waals surface area contributed by atoms with Crippen molar-refractivity contribution in [1.29, 1.82) is 5.26 Å². The third-order valence-electron chi connectivity index (χ3n) is 6.94. The number of nitrogens with zero attached hydrogens (tertiary/aromatic N) is 3. The summed E-state index contributed by atoms with van der Waals surface area (Å²) in [5.74, 6) is -3.99. The van der Waals surface area contributed by atoms with Crippen LogP contribution >= 0.6 is 0 Å². The molecule has 1 saturated carbocycles. The van der Waals surface area contributed by atoms with Crippen molar-refractivity contribution in [3.63, 3.8) is 0 Å². The third-order valence-corrected chi connectivity index (χ3v) is 6.94. The molecular weight excluding hydrogens is 456 g/mol. The highest BCUT2D eigenvalue weighted by atomic mass is 19.3. The maximum atomic E-state index is 13.8. The molecule has 1 atom stereocenters. The number of hydrogen-bond acceptors (Lipinski definition) is 5. The van der Waals surface area contributed by atoms with Gasteiger partial charge in [-0.25, -0.2) is 13.6 Å². The minimum Gasteiger partial charge on any atom is -0.359 e. The number of hydrogen-bond donors (Lipinski definition) is 2. The molecule has 1 unspecified atom stereocenters. The number of nitriles is 1. The number of para-hydroxylation sites is 1. The molecule has 2 N–H and O–H groups in total. The molecule has 35 heavy (non-hydrogen) atoms. The van der Waals surface area contributed by atoms with Gasteiger partial charge in [-0.15, -0.1) is 0 Å². The Morgan fingerprint density at radius 1 is 1.17 bits per heavy atom. The van der Waals surface area contributed by atoms with Crippen LogP contribution in [0.2, 0.25) is 0 Å². The SMILES string of the molecule is CCN(c1ccccc1)C1(C(C)=O)CCN(C(=O)NC(CC(C)(F)F)C(=O)NC2(C#N)CC2)CC1. The molecule has 190 valence electrons. The Morgan fingerprint density at radius 3 is 2.23 bits per heavy atom. The lowest BCUT2D eigenvalue weighted by molar-refractivity contribution is -0.126. The summed E-state index contributed by atoms with van der Waals surface area (Å²) in [5.41, 5.74) is -0.904. The van der Waals surface area contributed by atoms with Gasteiger partial charge in [0.2, 0.25) is 11.8 Å². The molecule has 1 heterocycles. The molecule has 1 saturated heterocycles. The molecule has 1 aliphatic carbocycles. The van der Waals surface area contributed by atoms with Crippen molar-refractivity contribution in [3.05, 3.63) is 30.3 Å². The van der Waals surface area contributed by atoms with Gasteiger partial charge >= 0.3 is 6.03 Å². The first-order valence-corrected chi connectivity index (χ1v) is 12.0. The largest absolute Gasteiger partial charge is 0.359 e. The number of carbonyl (C=O) groups is 3. The second kappa shape index (κ2) is 10.2. The van der Waals surface area contributed by atoms with E-state index >= 15 is 0 Å². The van der Waals surface area contributed by atoms with Crippen molar-refractivity contribution in [1.82, 2.24) is 15.5 Å². The lowest BCUT2D eigenvalue weighted by atomic mass is 9.81. The van der Waals surface area contributed by atoms with Gasteiger partial charge in [0.05, 0.1) is 6.07 Å². The van der Waals surface area contributed by atoms with Crippen LogP contribution in [0.4, 0.5) is 19.3 Å². The summed E-state index contributed by atoms with van der Waals surface area (Å²) in [6.45, 7) is 5.26. The highest BCUT2D eigenvalue weighted by Gasteiger charge is 2.47. The van der Waals surface area contributed by atoms with Gasteiger partial charge in [0, 0.05) is 31.7 Å². The Bertz CT molecular complexity index is 977. The minimum atomic E-state index is -3.19. The van der Waals surface area contributed by atoms with E-state index in [9.17, 15) is 28.4 Å². The van der Waals surface area contributed by atoms with E-state index in [0.717, 1.165) is 5.69 Å². The summed E-state index contributed by atoms with van der Waals surface area (Å²) >= 11 is 0. The molecule has 8 nitrogen and oxygen atoms in total. The van der Waals surface area contributed by atoms with E-state index in [1.807, 2.05) is 43.3 Å². The highest BCUT2D eigenvalue weighted by Crippen LogP contribution is 2.35. The number of halogens is 2. The number of Topliss-reactive ketones (excluding diaryl/α,β-unsaturated/α-hetero) is 1. The summed E-state index contributed by atoms with van der Waals surface area (Å²) in [6, 6.07) is 9.45. The van der Waals surface area contributed by atoms with Crippen molar-refractivity contribution < 1.29 is 23.2 Å². The molecule has 3 amide bonds. The highest BCUT2D eigenvalue weighted by molar-refractivity contribution is 5.91. The quantitative estimate of drug-likeness (QED) is 0.554. The maximum Gasteiger partial charge on any atom is 0.318 e. The fourth-order valence-electron chi connectivity index (χ4n) is 4.75. The van der Waals surface area contributed by atoms with Gasteiger partial charge in [0.1, 0.15) is 17.1 Å². The number of ketones is 1. The van der Waals surface area contributed by atoms with Gasteiger partial charge in [-0.1, -0.05) is 18.2 Å². The second-order valence-corrected chi connectivity index (χ2v) is 9.61. The van der Waals surface area contributed by atoms with Crippen LogP contribution in [-0.2, 0) is 9.59 Å². The van der Waals surface area contributed by atoms with Crippen LogP contribution in [0, 0.1) is 11.3 Å². The van der Waals surface area contributed by atoms with Crippen LogP contribution in [0.25, 0.3) is 0 Å². The van der Waals surface area contributed by atoms with E-state index in [1.165, 1.54) is 4.90 Å². The first-order valence-electron chi connectivity index (χ1n) is 12.0. The van der Waals surface area contributed by atoms with Crippen molar-refractivity contribution in [2.75, 3.05) is 24.5 Å². The van der Waals surface area contributed by atoms with Gasteiger partial charge in [0.15, 0.2) is 5.78 Å². The van der Waals surface area contributed by atoms with Crippen molar-refractivity contribution in [2.24, 2.45) is 0 Å². The summed E-state index contributed by atoms with van der Waals surface area (Å²) in [5, 5.41) is 14.1. The van der Waals surface area contributed by atoms with Crippen LogP contribution < -0.4 is 15.5 Å². The number of alkyl halides is 2. The van der Waals surface area contributed by atoms with Gasteiger partial charge in [-0.05, 0) is 58.6 Å². The van der Waals surface area contributed by atoms with Gasteiger partial charge in [0.25, 0.3) is 0 Å². The standard InChI is InChI=1S/C25H33F2N5O3/c1-4-32(19-8-6-5-7-9-19)25(18(2)33)12-14-31(15-13-25)22(35)29-20(16-23(3,26)27)21(34)30-24(17-28)10-11-24/h5-9,20H,4,10-16H2,1-3H3,(H,29,35)(H,30,34). The van der Waals surface area contributed by atoms with Crippen molar-refractivity contribution in [2.45, 2.75) is 75.9 Å². The Balaban J connectivity index is 1.70. The zero-order valence-corrected chi connectivity index (χ0v) is 20.4. The fourth-order valence-corrected chi connectivity index (χ4v) is 4.75. The minimum absolute atomic E-state index is 0.00243. The Labute approximate surface area is 204 Å².